The highest BCUT2D eigenvalue weighted by molar-refractivity contribution is 6.31. The van der Waals surface area contributed by atoms with Crippen molar-refractivity contribution < 1.29 is 17.6 Å². The summed E-state index contributed by atoms with van der Waals surface area (Å²) in [5.41, 5.74) is -0.959. The Balaban J connectivity index is 2.51. The van der Waals surface area contributed by atoms with Crippen molar-refractivity contribution in [3.63, 3.8) is 0 Å². The maximum atomic E-state index is 12.6. The summed E-state index contributed by atoms with van der Waals surface area (Å²) < 4.78 is 42.7. The molecule has 0 aliphatic rings. The smallest absolute Gasteiger partial charge is 0.408 e. The number of nitrogens with zero attached hydrogens (tertiary/aromatic N) is 3. The quantitative estimate of drug-likeness (QED) is 0.800. The van der Waals surface area contributed by atoms with Crippen LogP contribution in [0.3, 0.4) is 0 Å². The Bertz CT molecular complexity index is 630. The van der Waals surface area contributed by atoms with Crippen LogP contribution in [0.1, 0.15) is 11.5 Å². The average Bonchev–Trinajstić information content (AvgIpc) is 2.76. The molecule has 0 bridgehead atoms. The molecule has 2 rings (SSSR count). The van der Waals surface area contributed by atoms with E-state index in [0.717, 1.165) is 12.1 Å². The van der Waals surface area contributed by atoms with Gasteiger partial charge >= 0.3 is 12.1 Å². The Morgan fingerprint density at radius 2 is 2.00 bits per heavy atom. The first kappa shape index (κ1) is 12.4. The first-order valence-electron chi connectivity index (χ1n) is 4.52. The van der Waals surface area contributed by atoms with E-state index in [0.29, 0.717) is 0 Å². The fraction of sp³-hybridized carbons (Fsp3) is 0.100. The average molecular weight is 274 g/mol. The lowest BCUT2D eigenvalue weighted by molar-refractivity contribution is -0.137. The molecule has 0 aliphatic heterocycles. The lowest BCUT2D eigenvalue weighted by Crippen LogP contribution is -2.05. The minimum absolute atomic E-state index is 0.0423. The minimum atomic E-state index is -4.58. The lowest BCUT2D eigenvalue weighted by atomic mass is 10.1. The predicted octanol–water partition coefficient (Wildman–Crippen LogP) is 3.28. The number of nitriles is 1. The topological polar surface area (TPSA) is 62.7 Å². The van der Waals surface area contributed by atoms with Crippen LogP contribution >= 0.6 is 11.6 Å². The molecule has 1 heterocycles. The van der Waals surface area contributed by atoms with Gasteiger partial charge in [0.1, 0.15) is 0 Å². The molecule has 0 spiro atoms. The number of alkyl halides is 3. The van der Waals surface area contributed by atoms with Crippen LogP contribution in [0.5, 0.6) is 0 Å². The Morgan fingerprint density at radius 3 is 2.56 bits per heavy atom. The van der Waals surface area contributed by atoms with Gasteiger partial charge in [-0.25, -0.2) is 0 Å². The number of benzene rings is 1. The van der Waals surface area contributed by atoms with Crippen LogP contribution in [-0.2, 0) is 6.18 Å². The van der Waals surface area contributed by atoms with Crippen LogP contribution in [0.4, 0.5) is 13.2 Å². The SMILES string of the molecule is N#Cc1nnc(-c2ccc(Cl)c(C(F)(F)F)c2)o1. The zero-order valence-electron chi connectivity index (χ0n) is 8.49. The summed E-state index contributed by atoms with van der Waals surface area (Å²) in [5, 5.41) is 14.8. The molecule has 18 heavy (non-hydrogen) atoms. The fourth-order valence-corrected chi connectivity index (χ4v) is 1.49. The van der Waals surface area contributed by atoms with Crippen molar-refractivity contribution >= 4 is 11.6 Å². The Hall–Kier alpha value is -2.07. The molecule has 1 aromatic heterocycles. The summed E-state index contributed by atoms with van der Waals surface area (Å²) >= 11 is 5.46. The molecule has 0 saturated heterocycles. The summed E-state index contributed by atoms with van der Waals surface area (Å²) in [5.74, 6) is -0.498. The highest BCUT2D eigenvalue weighted by atomic mass is 35.5. The first-order chi connectivity index (χ1) is 8.41. The molecule has 1 aromatic carbocycles. The third kappa shape index (κ3) is 2.28. The Morgan fingerprint density at radius 1 is 1.28 bits per heavy atom. The summed E-state index contributed by atoms with van der Waals surface area (Å²) in [6, 6.07) is 4.75. The van der Waals surface area contributed by atoms with E-state index in [2.05, 4.69) is 10.2 Å². The van der Waals surface area contributed by atoms with Gasteiger partial charge in [0.15, 0.2) is 6.07 Å². The van der Waals surface area contributed by atoms with Gasteiger partial charge in [-0.3, -0.25) is 0 Å². The van der Waals surface area contributed by atoms with Crippen molar-refractivity contribution in [2.45, 2.75) is 6.18 Å². The number of aromatic nitrogens is 2. The van der Waals surface area contributed by atoms with E-state index in [4.69, 9.17) is 21.3 Å². The Kier molecular flexibility index (Phi) is 2.97. The van der Waals surface area contributed by atoms with E-state index >= 15 is 0 Å². The zero-order valence-corrected chi connectivity index (χ0v) is 9.25. The van der Waals surface area contributed by atoms with Crippen LogP contribution in [-0.4, -0.2) is 10.2 Å². The van der Waals surface area contributed by atoms with Gasteiger partial charge in [-0.05, 0) is 18.2 Å². The van der Waals surface area contributed by atoms with Gasteiger partial charge in [-0.2, -0.15) is 18.4 Å². The molecule has 8 heteroatoms. The van der Waals surface area contributed by atoms with Crippen molar-refractivity contribution in [1.29, 1.82) is 5.26 Å². The van der Waals surface area contributed by atoms with E-state index in [1.54, 1.807) is 6.07 Å². The fourth-order valence-electron chi connectivity index (χ4n) is 1.26. The molecule has 2 aromatic rings. The molecule has 0 amide bonds. The predicted molar refractivity (Wildman–Crippen MR) is 54.5 cm³/mol. The number of halogens is 4. The Labute approximate surface area is 104 Å². The van der Waals surface area contributed by atoms with Crippen molar-refractivity contribution in [2.75, 3.05) is 0 Å². The molecule has 0 radical (unpaired) electrons. The van der Waals surface area contributed by atoms with E-state index in [9.17, 15) is 13.2 Å². The van der Waals surface area contributed by atoms with Gasteiger partial charge in [0.2, 0.25) is 5.89 Å². The maximum absolute atomic E-state index is 12.6. The van der Waals surface area contributed by atoms with Gasteiger partial charge in [0, 0.05) is 5.56 Å². The number of rotatable bonds is 1. The van der Waals surface area contributed by atoms with E-state index in [1.165, 1.54) is 6.07 Å². The van der Waals surface area contributed by atoms with Crippen LogP contribution in [0, 0.1) is 11.3 Å². The second-order valence-corrected chi connectivity index (χ2v) is 3.62. The standard InChI is InChI=1S/C10H3ClF3N3O/c11-7-2-1-5(3-6(7)10(12,13)14)9-17-16-8(4-15)18-9/h1-3H. The molecule has 0 N–H and O–H groups in total. The normalized spacial score (nSPS) is 11.3. The number of hydrogen-bond donors (Lipinski definition) is 0. The van der Waals surface area contributed by atoms with E-state index in [1.807, 2.05) is 0 Å². The third-order valence-corrected chi connectivity index (χ3v) is 2.37. The van der Waals surface area contributed by atoms with Crippen LogP contribution in [0.25, 0.3) is 11.5 Å². The summed E-state index contributed by atoms with van der Waals surface area (Å²) in [4.78, 5) is 0. The number of hydrogen-bond acceptors (Lipinski definition) is 4. The highest BCUT2D eigenvalue weighted by Gasteiger charge is 2.33. The summed E-state index contributed by atoms with van der Waals surface area (Å²) in [6.45, 7) is 0. The summed E-state index contributed by atoms with van der Waals surface area (Å²) in [6.07, 6.45) is -4.58. The van der Waals surface area contributed by atoms with E-state index in [-0.39, 0.29) is 17.3 Å². The minimum Gasteiger partial charge on any atom is -0.408 e. The van der Waals surface area contributed by atoms with Crippen molar-refractivity contribution in [1.82, 2.24) is 10.2 Å². The van der Waals surface area contributed by atoms with Gasteiger partial charge < -0.3 is 4.42 Å². The van der Waals surface area contributed by atoms with Crippen LogP contribution in [0.2, 0.25) is 5.02 Å². The van der Waals surface area contributed by atoms with E-state index < -0.39 is 16.8 Å². The lowest BCUT2D eigenvalue weighted by Gasteiger charge is -2.09. The van der Waals surface area contributed by atoms with Gasteiger partial charge in [0.05, 0.1) is 10.6 Å². The van der Waals surface area contributed by atoms with Crippen molar-refractivity contribution in [3.05, 3.63) is 34.7 Å². The molecule has 0 aliphatic carbocycles. The maximum Gasteiger partial charge on any atom is 0.417 e. The summed E-state index contributed by atoms with van der Waals surface area (Å²) in [7, 11) is 0. The molecule has 92 valence electrons. The largest absolute Gasteiger partial charge is 0.417 e. The van der Waals surface area contributed by atoms with Gasteiger partial charge in [-0.15, -0.1) is 5.10 Å². The molecular formula is C10H3ClF3N3O. The van der Waals surface area contributed by atoms with Crippen LogP contribution < -0.4 is 0 Å². The van der Waals surface area contributed by atoms with Crippen molar-refractivity contribution in [3.8, 4) is 17.5 Å². The van der Waals surface area contributed by atoms with Gasteiger partial charge in [-0.1, -0.05) is 16.7 Å². The molecule has 0 atom stereocenters. The molecule has 0 fully saturated rings. The second kappa shape index (κ2) is 4.31. The molecule has 0 saturated carbocycles. The molecule has 4 nitrogen and oxygen atoms in total. The highest BCUT2D eigenvalue weighted by Crippen LogP contribution is 2.36. The third-order valence-electron chi connectivity index (χ3n) is 2.04. The van der Waals surface area contributed by atoms with Crippen LogP contribution in [0.15, 0.2) is 22.6 Å². The first-order valence-corrected chi connectivity index (χ1v) is 4.90. The zero-order chi connectivity index (χ0) is 13.3. The monoisotopic (exact) mass is 273 g/mol. The molecule has 0 unspecified atom stereocenters. The molecular weight excluding hydrogens is 271 g/mol. The van der Waals surface area contributed by atoms with Gasteiger partial charge in [0.25, 0.3) is 0 Å². The van der Waals surface area contributed by atoms with Crippen molar-refractivity contribution in [2.24, 2.45) is 0 Å². The second-order valence-electron chi connectivity index (χ2n) is 3.22.